The van der Waals surface area contributed by atoms with Crippen LogP contribution in [0.2, 0.25) is 10.0 Å². The van der Waals surface area contributed by atoms with Gasteiger partial charge in [0.05, 0.1) is 21.2 Å². The summed E-state index contributed by atoms with van der Waals surface area (Å²) in [5.41, 5.74) is 0.615. The first-order valence-electron chi connectivity index (χ1n) is 7.12. The van der Waals surface area contributed by atoms with Gasteiger partial charge in [0.25, 0.3) is 11.8 Å². The zero-order chi connectivity index (χ0) is 18.1. The molecule has 0 unspecified atom stereocenters. The molecular weight excluding hydrogens is 372 g/mol. The minimum atomic E-state index is -0.795. The first-order valence-corrected chi connectivity index (χ1v) is 7.87. The van der Waals surface area contributed by atoms with Crippen LogP contribution in [-0.4, -0.2) is 29.2 Å². The highest BCUT2D eigenvalue weighted by Gasteiger charge is 2.37. The lowest BCUT2D eigenvalue weighted by Gasteiger charge is -2.13. The average molecular weight is 382 g/mol. The molecule has 0 N–H and O–H groups in total. The monoisotopic (exact) mass is 381 g/mol. The van der Waals surface area contributed by atoms with Crippen molar-refractivity contribution in [1.82, 2.24) is 4.90 Å². The second kappa shape index (κ2) is 6.82. The molecule has 3 rings (SSSR count). The van der Waals surface area contributed by atoms with Crippen molar-refractivity contribution >= 4 is 41.0 Å². The van der Waals surface area contributed by atoms with E-state index < -0.39 is 30.1 Å². The molecule has 2 aromatic rings. The first kappa shape index (κ1) is 17.4. The second-order valence-corrected chi connectivity index (χ2v) is 6.11. The van der Waals surface area contributed by atoms with Crippen LogP contribution in [0.4, 0.5) is 4.39 Å². The maximum absolute atomic E-state index is 13.1. The number of hydrogen-bond donors (Lipinski definition) is 0. The third kappa shape index (κ3) is 3.50. The molecule has 1 aliphatic rings. The summed E-state index contributed by atoms with van der Waals surface area (Å²) in [4.78, 5) is 37.2. The highest BCUT2D eigenvalue weighted by Crippen LogP contribution is 2.31. The summed E-state index contributed by atoms with van der Waals surface area (Å²) in [5.74, 6) is -2.55. The fourth-order valence-corrected chi connectivity index (χ4v) is 2.72. The molecule has 2 aromatic carbocycles. The Labute approximate surface area is 151 Å². The van der Waals surface area contributed by atoms with E-state index in [9.17, 15) is 18.8 Å². The SMILES string of the molecule is O=C(CN1C(=O)c2cc(Cl)c(Cl)cc2C1=O)OCc1cccc(F)c1. The van der Waals surface area contributed by atoms with Crippen LogP contribution in [0.3, 0.4) is 0 Å². The minimum absolute atomic E-state index is 0.0809. The molecule has 0 saturated heterocycles. The van der Waals surface area contributed by atoms with Gasteiger partial charge in [0.2, 0.25) is 0 Å². The van der Waals surface area contributed by atoms with Gasteiger partial charge in [0.15, 0.2) is 0 Å². The number of rotatable bonds is 4. The largest absolute Gasteiger partial charge is 0.459 e. The van der Waals surface area contributed by atoms with Crippen LogP contribution in [-0.2, 0) is 16.1 Å². The third-order valence-electron chi connectivity index (χ3n) is 3.59. The van der Waals surface area contributed by atoms with Gasteiger partial charge < -0.3 is 4.74 Å². The maximum atomic E-state index is 13.1. The van der Waals surface area contributed by atoms with Crippen LogP contribution in [0.15, 0.2) is 36.4 Å². The summed E-state index contributed by atoms with van der Waals surface area (Å²) in [6.45, 7) is -0.728. The quantitative estimate of drug-likeness (QED) is 0.600. The molecule has 2 amide bonds. The molecule has 0 fully saturated rings. The Hall–Kier alpha value is -2.44. The number of carbonyl (C=O) groups excluding carboxylic acids is 3. The van der Waals surface area contributed by atoms with Crippen molar-refractivity contribution in [3.05, 3.63) is 69.0 Å². The van der Waals surface area contributed by atoms with Crippen molar-refractivity contribution in [2.45, 2.75) is 6.61 Å². The van der Waals surface area contributed by atoms with Crippen LogP contribution in [0, 0.1) is 5.82 Å². The van der Waals surface area contributed by atoms with Crippen molar-refractivity contribution in [2.24, 2.45) is 0 Å². The fraction of sp³-hybridized carbons (Fsp3) is 0.118. The van der Waals surface area contributed by atoms with E-state index in [0.717, 1.165) is 4.90 Å². The van der Waals surface area contributed by atoms with Gasteiger partial charge in [0.1, 0.15) is 19.0 Å². The number of hydrogen-bond acceptors (Lipinski definition) is 4. The van der Waals surface area contributed by atoms with Crippen LogP contribution in [0.5, 0.6) is 0 Å². The molecule has 0 radical (unpaired) electrons. The van der Waals surface area contributed by atoms with Gasteiger partial charge >= 0.3 is 5.97 Å². The van der Waals surface area contributed by atoms with Crippen LogP contribution in [0.25, 0.3) is 0 Å². The number of imide groups is 1. The summed E-state index contributed by atoms with van der Waals surface area (Å²) < 4.78 is 18.1. The Morgan fingerprint density at radius 2 is 1.64 bits per heavy atom. The third-order valence-corrected chi connectivity index (χ3v) is 4.31. The number of nitrogens with zero attached hydrogens (tertiary/aromatic N) is 1. The van der Waals surface area contributed by atoms with Gasteiger partial charge in [0, 0.05) is 0 Å². The molecular formula is C17H10Cl2FNO4. The Balaban J connectivity index is 1.68. The number of carbonyl (C=O) groups is 3. The Bertz CT molecular complexity index is 859. The number of ether oxygens (including phenoxy) is 1. The maximum Gasteiger partial charge on any atom is 0.326 e. The summed E-state index contributed by atoms with van der Waals surface area (Å²) in [7, 11) is 0. The van der Waals surface area contributed by atoms with E-state index >= 15 is 0 Å². The van der Waals surface area contributed by atoms with Crippen molar-refractivity contribution < 1.29 is 23.5 Å². The molecule has 0 saturated carbocycles. The normalized spacial score (nSPS) is 13.2. The molecule has 1 aliphatic heterocycles. The first-order chi connectivity index (χ1) is 11.9. The lowest BCUT2D eigenvalue weighted by atomic mass is 10.1. The fourth-order valence-electron chi connectivity index (χ4n) is 2.39. The topological polar surface area (TPSA) is 63.7 Å². The van der Waals surface area contributed by atoms with Crippen LogP contribution in [0.1, 0.15) is 26.3 Å². The van der Waals surface area contributed by atoms with Crippen molar-refractivity contribution in [3.63, 3.8) is 0 Å². The lowest BCUT2D eigenvalue weighted by Crippen LogP contribution is -2.35. The smallest absolute Gasteiger partial charge is 0.326 e. The molecule has 0 bridgehead atoms. The molecule has 8 heteroatoms. The van der Waals surface area contributed by atoms with E-state index in [0.29, 0.717) is 5.56 Å². The second-order valence-electron chi connectivity index (χ2n) is 5.30. The highest BCUT2D eigenvalue weighted by atomic mass is 35.5. The Morgan fingerprint density at radius 3 is 2.20 bits per heavy atom. The molecule has 5 nitrogen and oxygen atoms in total. The zero-order valence-electron chi connectivity index (χ0n) is 12.6. The van der Waals surface area contributed by atoms with E-state index in [1.54, 1.807) is 6.07 Å². The predicted octanol–water partition coefficient (Wildman–Crippen LogP) is 3.47. The van der Waals surface area contributed by atoms with E-state index in [2.05, 4.69) is 0 Å². The number of halogens is 3. The minimum Gasteiger partial charge on any atom is -0.459 e. The molecule has 0 atom stereocenters. The van der Waals surface area contributed by atoms with Gasteiger partial charge in [-0.05, 0) is 29.8 Å². The van der Waals surface area contributed by atoms with Gasteiger partial charge in [-0.25, -0.2) is 4.39 Å². The molecule has 128 valence electrons. The van der Waals surface area contributed by atoms with Gasteiger partial charge in [-0.2, -0.15) is 0 Å². The van der Waals surface area contributed by atoms with Crippen LogP contribution >= 0.6 is 23.2 Å². The lowest BCUT2D eigenvalue weighted by molar-refractivity contribution is -0.145. The Morgan fingerprint density at radius 1 is 1.04 bits per heavy atom. The van der Waals surface area contributed by atoms with Crippen molar-refractivity contribution in [3.8, 4) is 0 Å². The van der Waals surface area contributed by atoms with E-state index in [-0.39, 0.29) is 27.8 Å². The number of esters is 1. The standard InChI is InChI=1S/C17H10Cl2FNO4/c18-13-5-11-12(6-14(13)19)17(24)21(16(11)23)7-15(22)25-8-9-2-1-3-10(20)4-9/h1-6H,7-8H2. The van der Waals surface area contributed by atoms with E-state index in [1.165, 1.54) is 30.3 Å². The van der Waals surface area contributed by atoms with Crippen LogP contribution < -0.4 is 0 Å². The van der Waals surface area contributed by atoms with Crippen molar-refractivity contribution in [2.75, 3.05) is 6.54 Å². The average Bonchev–Trinajstić information content (AvgIpc) is 2.78. The summed E-state index contributed by atoms with van der Waals surface area (Å²) in [6.07, 6.45) is 0. The van der Waals surface area contributed by atoms with E-state index in [1.807, 2.05) is 0 Å². The van der Waals surface area contributed by atoms with E-state index in [4.69, 9.17) is 27.9 Å². The van der Waals surface area contributed by atoms with Gasteiger partial charge in [-0.3, -0.25) is 19.3 Å². The van der Waals surface area contributed by atoms with Gasteiger partial charge in [-0.1, -0.05) is 35.3 Å². The molecule has 0 aromatic heterocycles. The summed E-state index contributed by atoms with van der Waals surface area (Å²) >= 11 is 11.7. The van der Waals surface area contributed by atoms with Crippen molar-refractivity contribution in [1.29, 1.82) is 0 Å². The molecule has 1 heterocycles. The molecule has 25 heavy (non-hydrogen) atoms. The predicted molar refractivity (Wildman–Crippen MR) is 88.0 cm³/mol. The Kier molecular flexibility index (Phi) is 4.74. The zero-order valence-corrected chi connectivity index (χ0v) is 14.1. The summed E-state index contributed by atoms with van der Waals surface area (Å²) in [6, 6.07) is 8.13. The number of benzene rings is 2. The number of fused-ring (bicyclic) bond motifs is 1. The highest BCUT2D eigenvalue weighted by molar-refractivity contribution is 6.43. The van der Waals surface area contributed by atoms with Gasteiger partial charge in [-0.15, -0.1) is 0 Å². The summed E-state index contributed by atoms with van der Waals surface area (Å²) in [5, 5.41) is 0.272. The number of amides is 2. The molecule has 0 spiro atoms. The molecule has 0 aliphatic carbocycles.